The Labute approximate surface area is 143 Å². The highest BCUT2D eigenvalue weighted by molar-refractivity contribution is 6.03. The SMILES string of the molecule is COc1ccccc1C(=O)N/C(=C/c1ccc2c(c1)OCO2)C(=O)[O-]. The molecule has 1 aliphatic rings. The van der Waals surface area contributed by atoms with Crippen molar-refractivity contribution in [1.29, 1.82) is 0 Å². The van der Waals surface area contributed by atoms with Crippen LogP contribution in [0.25, 0.3) is 6.08 Å². The molecule has 0 saturated carbocycles. The van der Waals surface area contributed by atoms with Crippen molar-refractivity contribution >= 4 is 18.0 Å². The summed E-state index contributed by atoms with van der Waals surface area (Å²) in [6.07, 6.45) is 1.28. The van der Waals surface area contributed by atoms with Crippen LogP contribution in [0.2, 0.25) is 0 Å². The standard InChI is InChI=1S/C18H15NO6/c1-23-14-5-3-2-4-12(14)17(20)19-13(18(21)22)8-11-6-7-15-16(9-11)25-10-24-15/h2-9H,10H2,1H3,(H,19,20)(H,21,22)/p-1/b13-8+. The van der Waals surface area contributed by atoms with Crippen LogP contribution in [0.3, 0.4) is 0 Å². The number of benzene rings is 2. The molecule has 0 atom stereocenters. The van der Waals surface area contributed by atoms with Crippen molar-refractivity contribution in [2.24, 2.45) is 0 Å². The van der Waals surface area contributed by atoms with Crippen LogP contribution in [0, 0.1) is 0 Å². The third-order valence-corrected chi connectivity index (χ3v) is 3.53. The van der Waals surface area contributed by atoms with Gasteiger partial charge in [-0.15, -0.1) is 0 Å². The Balaban J connectivity index is 1.86. The first kappa shape index (κ1) is 16.4. The van der Waals surface area contributed by atoms with Gasteiger partial charge < -0.3 is 29.4 Å². The molecular formula is C18H14NO6-. The number of para-hydroxylation sites is 1. The molecule has 2 aromatic rings. The van der Waals surface area contributed by atoms with Gasteiger partial charge in [0.15, 0.2) is 11.5 Å². The lowest BCUT2D eigenvalue weighted by molar-refractivity contribution is -0.299. The molecule has 1 aliphatic heterocycles. The van der Waals surface area contributed by atoms with Crippen LogP contribution in [0.1, 0.15) is 15.9 Å². The lowest BCUT2D eigenvalue weighted by Gasteiger charge is -2.13. The number of fused-ring (bicyclic) bond motifs is 1. The summed E-state index contributed by atoms with van der Waals surface area (Å²) in [7, 11) is 1.42. The highest BCUT2D eigenvalue weighted by Crippen LogP contribution is 2.33. The predicted molar refractivity (Wildman–Crippen MR) is 86.0 cm³/mol. The largest absolute Gasteiger partial charge is 0.543 e. The van der Waals surface area contributed by atoms with Gasteiger partial charge in [0, 0.05) is 0 Å². The molecule has 0 saturated heterocycles. The number of carbonyl (C=O) groups excluding carboxylic acids is 2. The zero-order chi connectivity index (χ0) is 17.8. The molecule has 25 heavy (non-hydrogen) atoms. The summed E-state index contributed by atoms with van der Waals surface area (Å²) < 4.78 is 15.5. The van der Waals surface area contributed by atoms with Crippen LogP contribution in [0.15, 0.2) is 48.2 Å². The number of aliphatic carboxylic acids is 1. The Hall–Kier alpha value is -3.48. The van der Waals surface area contributed by atoms with Gasteiger partial charge >= 0.3 is 0 Å². The Morgan fingerprint density at radius 3 is 2.68 bits per heavy atom. The maximum atomic E-state index is 12.3. The lowest BCUT2D eigenvalue weighted by Crippen LogP contribution is -2.35. The summed E-state index contributed by atoms with van der Waals surface area (Å²) in [4.78, 5) is 23.7. The monoisotopic (exact) mass is 340 g/mol. The highest BCUT2D eigenvalue weighted by Gasteiger charge is 2.15. The minimum atomic E-state index is -1.51. The normalized spacial score (nSPS) is 12.6. The Kier molecular flexibility index (Phi) is 4.56. The van der Waals surface area contributed by atoms with Gasteiger partial charge in [-0.1, -0.05) is 18.2 Å². The molecule has 0 spiro atoms. The quantitative estimate of drug-likeness (QED) is 0.814. The molecule has 0 fully saturated rings. The molecule has 2 aromatic carbocycles. The van der Waals surface area contributed by atoms with E-state index in [0.29, 0.717) is 22.8 Å². The lowest BCUT2D eigenvalue weighted by atomic mass is 10.1. The van der Waals surface area contributed by atoms with Crippen molar-refractivity contribution in [3.05, 3.63) is 59.3 Å². The van der Waals surface area contributed by atoms with E-state index >= 15 is 0 Å². The van der Waals surface area contributed by atoms with Gasteiger partial charge in [-0.05, 0) is 35.9 Å². The number of amides is 1. The average Bonchev–Trinajstić information content (AvgIpc) is 3.08. The third-order valence-electron chi connectivity index (χ3n) is 3.53. The molecule has 7 heteroatoms. The molecule has 7 nitrogen and oxygen atoms in total. The summed E-state index contributed by atoms with van der Waals surface area (Å²) in [5.41, 5.74) is 0.349. The average molecular weight is 340 g/mol. The van der Waals surface area contributed by atoms with Gasteiger partial charge in [-0.25, -0.2) is 0 Å². The van der Waals surface area contributed by atoms with Crippen molar-refractivity contribution in [2.75, 3.05) is 13.9 Å². The number of carboxylic acids is 1. The van der Waals surface area contributed by atoms with Gasteiger partial charge in [-0.3, -0.25) is 4.79 Å². The zero-order valence-corrected chi connectivity index (χ0v) is 13.3. The van der Waals surface area contributed by atoms with E-state index in [9.17, 15) is 14.7 Å². The molecule has 0 radical (unpaired) electrons. The fraction of sp³-hybridized carbons (Fsp3) is 0.111. The second kappa shape index (κ2) is 6.96. The predicted octanol–water partition coefficient (Wildman–Crippen LogP) is 0.945. The van der Waals surface area contributed by atoms with Gasteiger partial charge in [0.1, 0.15) is 5.75 Å². The van der Waals surface area contributed by atoms with E-state index in [0.717, 1.165) is 0 Å². The van der Waals surface area contributed by atoms with Crippen LogP contribution < -0.4 is 24.6 Å². The highest BCUT2D eigenvalue weighted by atomic mass is 16.7. The molecule has 1 amide bonds. The van der Waals surface area contributed by atoms with E-state index in [1.165, 1.54) is 19.3 Å². The molecule has 0 aliphatic carbocycles. The van der Waals surface area contributed by atoms with Crippen molar-refractivity contribution in [3.63, 3.8) is 0 Å². The molecule has 0 aromatic heterocycles. The first-order chi connectivity index (χ1) is 12.1. The van der Waals surface area contributed by atoms with Crippen molar-refractivity contribution < 1.29 is 28.9 Å². The van der Waals surface area contributed by atoms with E-state index in [2.05, 4.69) is 5.32 Å². The number of ether oxygens (including phenoxy) is 3. The van der Waals surface area contributed by atoms with Gasteiger partial charge in [0.05, 0.1) is 24.3 Å². The summed E-state index contributed by atoms with van der Waals surface area (Å²) in [5.74, 6) is -0.719. The van der Waals surface area contributed by atoms with Crippen molar-refractivity contribution in [1.82, 2.24) is 5.32 Å². The molecular weight excluding hydrogens is 326 g/mol. The minimum Gasteiger partial charge on any atom is -0.543 e. The molecule has 0 bridgehead atoms. The van der Waals surface area contributed by atoms with E-state index < -0.39 is 11.9 Å². The number of hydrogen-bond acceptors (Lipinski definition) is 6. The summed E-state index contributed by atoms with van der Waals surface area (Å²) in [6, 6.07) is 11.4. The van der Waals surface area contributed by atoms with Crippen LogP contribution in [0.4, 0.5) is 0 Å². The molecule has 1 N–H and O–H groups in total. The summed E-state index contributed by atoms with van der Waals surface area (Å²) >= 11 is 0. The zero-order valence-electron chi connectivity index (χ0n) is 13.3. The maximum Gasteiger partial charge on any atom is 0.259 e. The number of nitrogens with one attached hydrogen (secondary N) is 1. The molecule has 0 unspecified atom stereocenters. The summed E-state index contributed by atoms with van der Waals surface area (Å²) in [5, 5.41) is 13.7. The van der Waals surface area contributed by atoms with Crippen LogP contribution in [-0.4, -0.2) is 25.8 Å². The van der Waals surface area contributed by atoms with E-state index in [1.54, 1.807) is 36.4 Å². The van der Waals surface area contributed by atoms with Crippen molar-refractivity contribution in [2.45, 2.75) is 0 Å². The maximum absolute atomic E-state index is 12.3. The Bertz CT molecular complexity index is 858. The number of carboxylic acid groups (broad SMARTS) is 1. The van der Waals surface area contributed by atoms with Crippen LogP contribution in [-0.2, 0) is 4.79 Å². The smallest absolute Gasteiger partial charge is 0.259 e. The first-order valence-corrected chi connectivity index (χ1v) is 7.35. The fourth-order valence-corrected chi connectivity index (χ4v) is 2.34. The van der Waals surface area contributed by atoms with E-state index in [-0.39, 0.29) is 18.1 Å². The van der Waals surface area contributed by atoms with E-state index in [4.69, 9.17) is 14.2 Å². The van der Waals surface area contributed by atoms with Crippen molar-refractivity contribution in [3.8, 4) is 17.2 Å². The van der Waals surface area contributed by atoms with E-state index in [1.807, 2.05) is 0 Å². The number of hydrogen-bond donors (Lipinski definition) is 1. The van der Waals surface area contributed by atoms with Gasteiger partial charge in [0.25, 0.3) is 5.91 Å². The third kappa shape index (κ3) is 3.55. The fourth-order valence-electron chi connectivity index (χ4n) is 2.34. The Morgan fingerprint density at radius 1 is 1.16 bits per heavy atom. The van der Waals surface area contributed by atoms with Crippen LogP contribution in [0.5, 0.6) is 17.2 Å². The first-order valence-electron chi connectivity index (χ1n) is 7.35. The van der Waals surface area contributed by atoms with Crippen LogP contribution >= 0.6 is 0 Å². The minimum absolute atomic E-state index is 0.111. The topological polar surface area (TPSA) is 96.9 Å². The molecule has 1 heterocycles. The molecule has 3 rings (SSSR count). The molecule has 128 valence electrons. The van der Waals surface area contributed by atoms with Gasteiger partial charge in [0.2, 0.25) is 6.79 Å². The number of methoxy groups -OCH3 is 1. The second-order valence-electron chi connectivity index (χ2n) is 5.11. The number of rotatable bonds is 5. The van der Waals surface area contributed by atoms with Gasteiger partial charge in [-0.2, -0.15) is 0 Å². The number of carbonyl (C=O) groups is 2. The Morgan fingerprint density at radius 2 is 1.92 bits per heavy atom. The second-order valence-corrected chi connectivity index (χ2v) is 5.11. The summed E-state index contributed by atoms with van der Waals surface area (Å²) in [6.45, 7) is 0.111.